The van der Waals surface area contributed by atoms with Crippen LogP contribution in [-0.2, 0) is 4.84 Å². The summed E-state index contributed by atoms with van der Waals surface area (Å²) in [7, 11) is 0. The molecule has 10 heteroatoms. The first-order valence-electron chi connectivity index (χ1n) is 8.06. The first kappa shape index (κ1) is 20.7. The van der Waals surface area contributed by atoms with Crippen molar-refractivity contribution < 1.29 is 14.4 Å². The van der Waals surface area contributed by atoms with Gasteiger partial charge in [-0.05, 0) is 48.5 Å². The van der Waals surface area contributed by atoms with Crippen molar-refractivity contribution in [1.29, 1.82) is 0 Å². The summed E-state index contributed by atoms with van der Waals surface area (Å²) in [5.74, 6) is 0.764. The molecule has 7 nitrogen and oxygen atoms in total. The minimum absolute atomic E-state index is 0.00258. The van der Waals surface area contributed by atoms with Crippen molar-refractivity contribution in [3.63, 3.8) is 0 Å². The lowest BCUT2D eigenvalue weighted by atomic mass is 10.2. The number of anilines is 1. The van der Waals surface area contributed by atoms with Crippen LogP contribution in [0.5, 0.6) is 11.5 Å². The predicted octanol–water partition coefficient (Wildman–Crippen LogP) is 5.70. The van der Waals surface area contributed by atoms with Crippen LogP contribution in [0.15, 0.2) is 66.1 Å². The van der Waals surface area contributed by atoms with Gasteiger partial charge in [0.1, 0.15) is 15.8 Å². The van der Waals surface area contributed by atoms with Gasteiger partial charge in [-0.25, -0.2) is 4.79 Å². The van der Waals surface area contributed by atoms with Gasteiger partial charge in [0.05, 0.1) is 0 Å². The standard InChI is InChI=1S/C19H13Cl3N4O3/c20-12-3-5-13(6-4-12)25-19(27)29-26-18(23)11-1-7-14(8-2-11)28-17-15(21)9-24-10-16(17)22/h1-10H,(H2,23,26)(H,25,27). The molecule has 1 aromatic heterocycles. The van der Waals surface area contributed by atoms with Crippen LogP contribution in [0, 0.1) is 0 Å². The van der Waals surface area contributed by atoms with E-state index < -0.39 is 6.09 Å². The molecule has 0 saturated heterocycles. The van der Waals surface area contributed by atoms with Crippen LogP contribution in [0.1, 0.15) is 5.56 Å². The van der Waals surface area contributed by atoms with E-state index >= 15 is 0 Å². The number of halogens is 3. The Morgan fingerprint density at radius 2 is 1.59 bits per heavy atom. The monoisotopic (exact) mass is 450 g/mol. The van der Waals surface area contributed by atoms with Crippen molar-refractivity contribution in [3.05, 3.63) is 81.6 Å². The summed E-state index contributed by atoms with van der Waals surface area (Å²) in [4.78, 5) is 20.4. The molecule has 0 bridgehead atoms. The van der Waals surface area contributed by atoms with E-state index in [2.05, 4.69) is 15.5 Å². The molecular formula is C19H13Cl3N4O3. The van der Waals surface area contributed by atoms with Gasteiger partial charge < -0.3 is 10.5 Å². The van der Waals surface area contributed by atoms with E-state index in [9.17, 15) is 4.79 Å². The number of nitrogens with zero attached hydrogens (tertiary/aromatic N) is 2. The van der Waals surface area contributed by atoms with E-state index in [1.54, 1.807) is 48.5 Å². The second-order valence-electron chi connectivity index (χ2n) is 5.55. The maximum absolute atomic E-state index is 11.8. The van der Waals surface area contributed by atoms with Gasteiger partial charge in [-0.1, -0.05) is 40.0 Å². The maximum atomic E-state index is 11.8. The third kappa shape index (κ3) is 5.74. The Morgan fingerprint density at radius 3 is 2.21 bits per heavy atom. The number of nitrogens with one attached hydrogen (secondary N) is 1. The van der Waals surface area contributed by atoms with Crippen molar-refractivity contribution in [2.24, 2.45) is 10.9 Å². The molecule has 3 rings (SSSR count). The molecule has 3 N–H and O–H groups in total. The quantitative estimate of drug-likeness (QED) is 0.224. The van der Waals surface area contributed by atoms with Crippen LogP contribution in [0.2, 0.25) is 15.1 Å². The molecule has 148 valence electrons. The fraction of sp³-hybridized carbons (Fsp3) is 0. The van der Waals surface area contributed by atoms with E-state index in [-0.39, 0.29) is 15.9 Å². The van der Waals surface area contributed by atoms with Crippen LogP contribution in [0.3, 0.4) is 0 Å². The molecule has 0 radical (unpaired) electrons. The number of hydrogen-bond acceptors (Lipinski definition) is 5. The Hall–Kier alpha value is -3.00. The highest BCUT2D eigenvalue weighted by Crippen LogP contribution is 2.35. The summed E-state index contributed by atoms with van der Waals surface area (Å²) in [5.41, 5.74) is 6.86. The van der Waals surface area contributed by atoms with Gasteiger partial charge in [0, 0.05) is 28.7 Å². The van der Waals surface area contributed by atoms with Crippen molar-refractivity contribution in [3.8, 4) is 11.5 Å². The summed E-state index contributed by atoms with van der Waals surface area (Å²) in [6, 6.07) is 13.1. The minimum atomic E-state index is -0.794. The largest absolute Gasteiger partial charge is 0.454 e. The van der Waals surface area contributed by atoms with Crippen molar-refractivity contribution in [2.75, 3.05) is 5.32 Å². The zero-order chi connectivity index (χ0) is 20.8. The Labute approximate surface area is 181 Å². The number of amides is 1. The number of rotatable bonds is 5. The number of nitrogens with two attached hydrogens (primary N) is 1. The highest BCUT2D eigenvalue weighted by Gasteiger charge is 2.10. The molecule has 2 aromatic carbocycles. The Morgan fingerprint density at radius 1 is 0.966 bits per heavy atom. The molecule has 0 aliphatic rings. The van der Waals surface area contributed by atoms with Crippen molar-refractivity contribution in [1.82, 2.24) is 4.98 Å². The summed E-state index contributed by atoms with van der Waals surface area (Å²) >= 11 is 17.8. The molecule has 0 fully saturated rings. The first-order valence-corrected chi connectivity index (χ1v) is 9.20. The summed E-state index contributed by atoms with van der Waals surface area (Å²) in [6.45, 7) is 0. The second-order valence-corrected chi connectivity index (χ2v) is 6.80. The van der Waals surface area contributed by atoms with Crippen LogP contribution in [-0.4, -0.2) is 16.9 Å². The Bertz CT molecular complexity index is 1020. The number of oxime groups is 1. The highest BCUT2D eigenvalue weighted by atomic mass is 35.5. The average Bonchev–Trinajstić information content (AvgIpc) is 2.71. The molecule has 0 aliphatic carbocycles. The normalized spacial score (nSPS) is 11.1. The van der Waals surface area contributed by atoms with E-state index in [0.717, 1.165) is 0 Å². The lowest BCUT2D eigenvalue weighted by Crippen LogP contribution is -2.17. The molecule has 1 heterocycles. The molecular weight excluding hydrogens is 439 g/mol. The van der Waals surface area contributed by atoms with Gasteiger partial charge in [-0.2, -0.15) is 0 Å². The third-order valence-corrected chi connectivity index (χ3v) is 4.29. The van der Waals surface area contributed by atoms with E-state index in [0.29, 0.717) is 27.8 Å². The van der Waals surface area contributed by atoms with Crippen molar-refractivity contribution >= 4 is 52.4 Å². The average molecular weight is 452 g/mol. The third-order valence-electron chi connectivity index (χ3n) is 3.50. The smallest absolute Gasteiger partial charge is 0.437 e. The summed E-state index contributed by atoms with van der Waals surface area (Å²) in [5, 5.41) is 7.21. The lowest BCUT2D eigenvalue weighted by Gasteiger charge is -2.09. The van der Waals surface area contributed by atoms with Crippen molar-refractivity contribution in [2.45, 2.75) is 0 Å². The number of benzene rings is 2. The van der Waals surface area contributed by atoms with E-state index in [4.69, 9.17) is 50.1 Å². The lowest BCUT2D eigenvalue weighted by molar-refractivity contribution is 0.166. The maximum Gasteiger partial charge on any atom is 0.437 e. The van der Waals surface area contributed by atoms with E-state index in [1.807, 2.05) is 0 Å². The topological polar surface area (TPSA) is 98.8 Å². The molecule has 0 atom stereocenters. The van der Waals surface area contributed by atoms with Gasteiger partial charge in [0.2, 0.25) is 0 Å². The molecule has 0 spiro atoms. The molecule has 0 saturated carbocycles. The zero-order valence-electron chi connectivity index (χ0n) is 14.6. The number of aromatic nitrogens is 1. The predicted molar refractivity (Wildman–Crippen MR) is 113 cm³/mol. The van der Waals surface area contributed by atoms with Crippen LogP contribution in [0.4, 0.5) is 10.5 Å². The van der Waals surface area contributed by atoms with Gasteiger partial charge in [-0.15, -0.1) is 0 Å². The fourth-order valence-electron chi connectivity index (χ4n) is 2.13. The number of pyridine rings is 1. The second kappa shape index (κ2) is 9.47. The zero-order valence-corrected chi connectivity index (χ0v) is 16.9. The van der Waals surface area contributed by atoms with E-state index in [1.165, 1.54) is 12.4 Å². The molecule has 3 aromatic rings. The van der Waals surface area contributed by atoms with Gasteiger partial charge in [-0.3, -0.25) is 15.1 Å². The summed E-state index contributed by atoms with van der Waals surface area (Å²) < 4.78 is 5.66. The van der Waals surface area contributed by atoms with Gasteiger partial charge in [0.25, 0.3) is 0 Å². The minimum Gasteiger partial charge on any atom is -0.454 e. The van der Waals surface area contributed by atoms with Gasteiger partial charge in [0.15, 0.2) is 11.6 Å². The fourth-order valence-corrected chi connectivity index (χ4v) is 2.69. The number of carbonyl (C=O) groups excluding carboxylic acids is 1. The van der Waals surface area contributed by atoms with Crippen LogP contribution in [0.25, 0.3) is 0 Å². The highest BCUT2D eigenvalue weighted by molar-refractivity contribution is 6.36. The molecule has 1 amide bonds. The number of amidine groups is 1. The number of hydrogen-bond donors (Lipinski definition) is 2. The first-order chi connectivity index (χ1) is 13.9. The molecule has 29 heavy (non-hydrogen) atoms. The SMILES string of the molecule is N/C(=N\OC(=O)Nc1ccc(Cl)cc1)c1ccc(Oc2c(Cl)cncc2Cl)cc1. The van der Waals surface area contributed by atoms with Crippen LogP contribution < -0.4 is 15.8 Å². The Balaban J connectivity index is 1.61. The number of ether oxygens (including phenoxy) is 1. The summed E-state index contributed by atoms with van der Waals surface area (Å²) in [6.07, 6.45) is 2.06. The molecule has 0 aliphatic heterocycles. The Kier molecular flexibility index (Phi) is 6.77. The van der Waals surface area contributed by atoms with Crippen LogP contribution >= 0.6 is 34.8 Å². The number of carbonyl (C=O) groups is 1. The molecule has 0 unspecified atom stereocenters. The van der Waals surface area contributed by atoms with Gasteiger partial charge >= 0.3 is 6.09 Å².